The van der Waals surface area contributed by atoms with Crippen molar-refractivity contribution in [3.63, 3.8) is 0 Å². The molecule has 0 spiro atoms. The number of rotatable bonds is 6. The van der Waals surface area contributed by atoms with Gasteiger partial charge < -0.3 is 0 Å². The standard InChI is InChI=1S/C15H21BrO/c1-11(2)6-12(3)7-15-8-13(9-16)4-5-14(15)10-17/h4-5,8,10-12H,6-7,9H2,1-3H3. The Labute approximate surface area is 113 Å². The highest BCUT2D eigenvalue weighted by Gasteiger charge is 2.10. The van der Waals surface area contributed by atoms with E-state index in [1.807, 2.05) is 12.1 Å². The fraction of sp³-hybridized carbons (Fsp3) is 0.533. The van der Waals surface area contributed by atoms with Gasteiger partial charge >= 0.3 is 0 Å². The molecule has 0 bridgehead atoms. The fourth-order valence-electron chi connectivity index (χ4n) is 2.30. The first-order chi connectivity index (χ1) is 8.06. The minimum atomic E-state index is 0.624. The maximum absolute atomic E-state index is 11.0. The van der Waals surface area contributed by atoms with Crippen molar-refractivity contribution in [3.8, 4) is 0 Å². The van der Waals surface area contributed by atoms with E-state index in [9.17, 15) is 4.79 Å². The van der Waals surface area contributed by atoms with E-state index in [1.165, 1.54) is 17.5 Å². The van der Waals surface area contributed by atoms with Crippen LogP contribution in [0.4, 0.5) is 0 Å². The van der Waals surface area contributed by atoms with Crippen molar-refractivity contribution in [2.24, 2.45) is 11.8 Å². The van der Waals surface area contributed by atoms with Gasteiger partial charge in [0.2, 0.25) is 0 Å². The van der Waals surface area contributed by atoms with Gasteiger partial charge in [-0.2, -0.15) is 0 Å². The zero-order valence-electron chi connectivity index (χ0n) is 10.9. The summed E-state index contributed by atoms with van der Waals surface area (Å²) >= 11 is 3.46. The van der Waals surface area contributed by atoms with Crippen molar-refractivity contribution in [1.82, 2.24) is 0 Å². The Hall–Kier alpha value is -0.630. The zero-order valence-corrected chi connectivity index (χ0v) is 12.5. The van der Waals surface area contributed by atoms with Crippen LogP contribution in [-0.4, -0.2) is 6.29 Å². The van der Waals surface area contributed by atoms with Gasteiger partial charge in [0.1, 0.15) is 6.29 Å². The van der Waals surface area contributed by atoms with Crippen LogP contribution in [0.1, 0.15) is 48.7 Å². The van der Waals surface area contributed by atoms with Crippen molar-refractivity contribution in [2.75, 3.05) is 0 Å². The zero-order chi connectivity index (χ0) is 12.8. The summed E-state index contributed by atoms with van der Waals surface area (Å²) in [5.41, 5.74) is 3.26. The molecule has 0 saturated carbocycles. The van der Waals surface area contributed by atoms with E-state index < -0.39 is 0 Å². The topological polar surface area (TPSA) is 17.1 Å². The van der Waals surface area contributed by atoms with Crippen LogP contribution in [-0.2, 0) is 11.8 Å². The van der Waals surface area contributed by atoms with Crippen LogP contribution in [0.3, 0.4) is 0 Å². The molecule has 0 heterocycles. The third-order valence-electron chi connectivity index (χ3n) is 2.93. The first-order valence-corrected chi connectivity index (χ1v) is 7.32. The molecule has 1 aromatic rings. The molecular formula is C15H21BrO. The van der Waals surface area contributed by atoms with Gasteiger partial charge in [0.05, 0.1) is 0 Å². The molecule has 1 atom stereocenters. The van der Waals surface area contributed by atoms with Gasteiger partial charge in [0, 0.05) is 10.9 Å². The number of halogens is 1. The van der Waals surface area contributed by atoms with Gasteiger partial charge in [-0.3, -0.25) is 4.79 Å². The lowest BCUT2D eigenvalue weighted by Gasteiger charge is -2.15. The third kappa shape index (κ3) is 4.63. The number of carbonyl (C=O) groups excluding carboxylic acids is 1. The molecule has 2 heteroatoms. The fourth-order valence-corrected chi connectivity index (χ4v) is 2.65. The lowest BCUT2D eigenvalue weighted by molar-refractivity contribution is 0.112. The molecule has 0 aliphatic heterocycles. The Morgan fingerprint density at radius 2 is 2.00 bits per heavy atom. The second-order valence-electron chi connectivity index (χ2n) is 5.22. The predicted molar refractivity (Wildman–Crippen MR) is 76.8 cm³/mol. The molecule has 0 radical (unpaired) electrons. The molecule has 1 aromatic carbocycles. The average molecular weight is 297 g/mol. The Balaban J connectivity index is 2.83. The van der Waals surface area contributed by atoms with Gasteiger partial charge in [-0.05, 0) is 35.8 Å². The third-order valence-corrected chi connectivity index (χ3v) is 3.58. The number of carbonyl (C=O) groups is 1. The highest BCUT2D eigenvalue weighted by Crippen LogP contribution is 2.20. The van der Waals surface area contributed by atoms with E-state index in [0.29, 0.717) is 11.8 Å². The predicted octanol–water partition coefficient (Wildman–Crippen LogP) is 4.62. The van der Waals surface area contributed by atoms with Crippen molar-refractivity contribution in [3.05, 3.63) is 34.9 Å². The van der Waals surface area contributed by atoms with Crippen LogP contribution < -0.4 is 0 Å². The normalized spacial score (nSPS) is 12.8. The summed E-state index contributed by atoms with van der Waals surface area (Å²) in [7, 11) is 0. The van der Waals surface area contributed by atoms with Crippen LogP contribution in [0.15, 0.2) is 18.2 Å². The highest BCUT2D eigenvalue weighted by molar-refractivity contribution is 9.08. The summed E-state index contributed by atoms with van der Waals surface area (Å²) in [6, 6.07) is 6.09. The number of hydrogen-bond donors (Lipinski definition) is 0. The number of benzene rings is 1. The molecular weight excluding hydrogens is 276 g/mol. The molecule has 0 amide bonds. The van der Waals surface area contributed by atoms with E-state index >= 15 is 0 Å². The van der Waals surface area contributed by atoms with Gasteiger partial charge in [0.15, 0.2) is 0 Å². The molecule has 1 rings (SSSR count). The first kappa shape index (κ1) is 14.4. The second-order valence-corrected chi connectivity index (χ2v) is 5.78. The molecule has 1 nitrogen and oxygen atoms in total. The summed E-state index contributed by atoms with van der Waals surface area (Å²) < 4.78 is 0. The Morgan fingerprint density at radius 3 is 2.53 bits per heavy atom. The number of alkyl halides is 1. The molecule has 0 aliphatic rings. The molecule has 0 aromatic heterocycles. The van der Waals surface area contributed by atoms with Gasteiger partial charge in [-0.25, -0.2) is 0 Å². The molecule has 17 heavy (non-hydrogen) atoms. The SMILES string of the molecule is CC(C)CC(C)Cc1cc(CBr)ccc1C=O. The van der Waals surface area contributed by atoms with E-state index in [1.54, 1.807) is 0 Å². The van der Waals surface area contributed by atoms with Crippen LogP contribution in [0.2, 0.25) is 0 Å². The maximum Gasteiger partial charge on any atom is 0.150 e. The van der Waals surface area contributed by atoms with Crippen molar-refractivity contribution in [1.29, 1.82) is 0 Å². The van der Waals surface area contributed by atoms with Crippen LogP contribution >= 0.6 is 15.9 Å². The summed E-state index contributed by atoms with van der Waals surface area (Å²) in [6.45, 7) is 6.74. The van der Waals surface area contributed by atoms with Gasteiger partial charge in [-0.15, -0.1) is 0 Å². The largest absolute Gasteiger partial charge is 0.298 e. The molecule has 0 N–H and O–H groups in total. The minimum absolute atomic E-state index is 0.624. The van der Waals surface area contributed by atoms with Crippen molar-refractivity contribution < 1.29 is 4.79 Å². The molecule has 0 fully saturated rings. The monoisotopic (exact) mass is 296 g/mol. The lowest BCUT2D eigenvalue weighted by Crippen LogP contribution is -2.06. The van der Waals surface area contributed by atoms with Crippen molar-refractivity contribution >= 4 is 22.2 Å². The highest BCUT2D eigenvalue weighted by atomic mass is 79.9. The summed E-state index contributed by atoms with van der Waals surface area (Å²) in [5, 5.41) is 0.845. The first-order valence-electron chi connectivity index (χ1n) is 6.19. The molecule has 94 valence electrons. The summed E-state index contributed by atoms with van der Waals surface area (Å²) in [6.07, 6.45) is 3.17. The van der Waals surface area contributed by atoms with E-state index in [-0.39, 0.29) is 0 Å². The average Bonchev–Trinajstić information content (AvgIpc) is 2.27. The number of aldehydes is 1. The lowest BCUT2D eigenvalue weighted by atomic mass is 9.90. The van der Waals surface area contributed by atoms with Crippen LogP contribution in [0.25, 0.3) is 0 Å². The summed E-state index contributed by atoms with van der Waals surface area (Å²) in [4.78, 5) is 11.0. The van der Waals surface area contributed by atoms with Crippen LogP contribution in [0, 0.1) is 11.8 Å². The Morgan fingerprint density at radius 1 is 1.29 bits per heavy atom. The van der Waals surface area contributed by atoms with Crippen molar-refractivity contribution in [2.45, 2.75) is 38.9 Å². The molecule has 0 saturated heterocycles. The van der Waals surface area contributed by atoms with E-state index in [2.05, 4.69) is 42.8 Å². The smallest absolute Gasteiger partial charge is 0.150 e. The second kappa shape index (κ2) is 6.95. The Bertz CT molecular complexity index is 371. The summed E-state index contributed by atoms with van der Waals surface area (Å²) in [5.74, 6) is 1.34. The molecule has 0 aliphatic carbocycles. The molecule has 1 unspecified atom stereocenters. The maximum atomic E-state index is 11.0. The minimum Gasteiger partial charge on any atom is -0.298 e. The Kier molecular flexibility index (Phi) is 5.90. The van der Waals surface area contributed by atoms with Gasteiger partial charge in [0.25, 0.3) is 0 Å². The number of hydrogen-bond acceptors (Lipinski definition) is 1. The quantitative estimate of drug-likeness (QED) is 0.553. The van der Waals surface area contributed by atoms with Gasteiger partial charge in [-0.1, -0.05) is 54.9 Å². The van der Waals surface area contributed by atoms with E-state index in [4.69, 9.17) is 0 Å². The van der Waals surface area contributed by atoms with Crippen LogP contribution in [0.5, 0.6) is 0 Å². The van der Waals surface area contributed by atoms with E-state index in [0.717, 1.165) is 23.6 Å².